The third kappa shape index (κ3) is 4.07. The van der Waals surface area contributed by atoms with Crippen molar-refractivity contribution in [2.75, 3.05) is 20.8 Å². The Morgan fingerprint density at radius 3 is 2.28 bits per heavy atom. The highest BCUT2D eigenvalue weighted by atomic mass is 16.8. The van der Waals surface area contributed by atoms with Gasteiger partial charge in [0.25, 0.3) is 0 Å². The summed E-state index contributed by atoms with van der Waals surface area (Å²) >= 11 is 0. The van der Waals surface area contributed by atoms with Crippen molar-refractivity contribution in [3.05, 3.63) is 11.8 Å². The number of hydrogen-bond acceptors (Lipinski definition) is 11. The first-order valence-corrected chi connectivity index (χ1v) is 14.0. The highest BCUT2D eigenvalue weighted by Gasteiger charge is 2.72. The van der Waals surface area contributed by atoms with E-state index in [4.69, 9.17) is 23.7 Å². The number of methoxy groups -OCH3 is 2. The van der Waals surface area contributed by atoms with Crippen molar-refractivity contribution in [2.45, 2.75) is 95.8 Å². The maximum atomic E-state index is 14.0. The smallest absolute Gasteiger partial charge is 0.203 e. The number of fused-ring (bicyclic) bond motifs is 2. The average molecular weight is 557 g/mol. The number of aliphatic hydroxyl groups excluding tert-OH is 5. The lowest BCUT2D eigenvalue weighted by atomic mass is 9.38. The summed E-state index contributed by atoms with van der Waals surface area (Å²) < 4.78 is 29.6. The molecule has 2 aliphatic heterocycles. The van der Waals surface area contributed by atoms with Crippen LogP contribution in [0.15, 0.2) is 11.8 Å². The van der Waals surface area contributed by atoms with E-state index in [-0.39, 0.29) is 29.5 Å². The molecule has 2 saturated heterocycles. The molecule has 2 saturated carbocycles. The molecule has 4 fully saturated rings. The summed E-state index contributed by atoms with van der Waals surface area (Å²) in [6, 6.07) is 0. The maximum Gasteiger partial charge on any atom is 0.203 e. The van der Waals surface area contributed by atoms with Gasteiger partial charge >= 0.3 is 0 Å². The number of Topliss-reactive ketones (excluding diaryl/α,β-unsaturated/α-hetero) is 1. The number of carbonyl (C=O) groups is 1. The molecule has 11 heteroatoms. The molecule has 0 aromatic heterocycles. The fourth-order valence-corrected chi connectivity index (χ4v) is 9.11. The summed E-state index contributed by atoms with van der Waals surface area (Å²) in [5.41, 5.74) is -1.52. The van der Waals surface area contributed by atoms with E-state index in [1.807, 2.05) is 26.8 Å². The molecule has 39 heavy (non-hydrogen) atoms. The van der Waals surface area contributed by atoms with Crippen molar-refractivity contribution in [1.29, 1.82) is 0 Å². The van der Waals surface area contributed by atoms with Gasteiger partial charge in [0.2, 0.25) is 5.78 Å². The highest BCUT2D eigenvalue weighted by molar-refractivity contribution is 5.99. The fraction of sp³-hybridized carbons (Fsp3) is 0.893. The van der Waals surface area contributed by atoms with Crippen molar-refractivity contribution in [3.63, 3.8) is 0 Å². The summed E-state index contributed by atoms with van der Waals surface area (Å²) in [6.45, 7) is 7.55. The van der Waals surface area contributed by atoms with Crippen LogP contribution in [0.25, 0.3) is 0 Å². The van der Waals surface area contributed by atoms with Crippen LogP contribution in [0, 0.1) is 40.4 Å². The van der Waals surface area contributed by atoms with Crippen LogP contribution in [0.4, 0.5) is 0 Å². The number of ether oxygens (including phenoxy) is 5. The Labute approximate surface area is 229 Å². The molecule has 5 aliphatic rings. The molecular formula is C28H44O11. The molecule has 16 atom stereocenters. The molecule has 3 aliphatic carbocycles. The Kier molecular flexibility index (Phi) is 7.74. The molecule has 2 heterocycles. The molecule has 222 valence electrons. The van der Waals surface area contributed by atoms with E-state index in [0.29, 0.717) is 18.6 Å². The van der Waals surface area contributed by atoms with Crippen LogP contribution < -0.4 is 0 Å². The van der Waals surface area contributed by atoms with Crippen LogP contribution in [0.3, 0.4) is 0 Å². The maximum absolute atomic E-state index is 14.0. The molecule has 0 bridgehead atoms. The van der Waals surface area contributed by atoms with Gasteiger partial charge in [-0.15, -0.1) is 0 Å². The van der Waals surface area contributed by atoms with Crippen LogP contribution in [-0.4, -0.2) is 107 Å². The standard InChI is InChI=1S/C28H44O11/c1-11-7-15(35-5)25(34)28(4)13(11)8-17-27(3)14(12(2)23(36-6)22(33)24(27)28)9-18(38-17)39-26-21(32)20(31)19(30)16(10-29)37-26/h7,11-14,16-24,26,29-33H,8-10H2,1-6H3/t11?,12?,13?,14-,16+,17+,18?,19?,20-,21?,22?,23-,24?,26-,27+,28-/m0/s1. The molecule has 0 amide bonds. The summed E-state index contributed by atoms with van der Waals surface area (Å²) in [5.74, 6) is -0.649. The summed E-state index contributed by atoms with van der Waals surface area (Å²) in [4.78, 5) is 14.0. The first-order valence-electron chi connectivity index (χ1n) is 14.0. The third-order valence-electron chi connectivity index (χ3n) is 11.0. The van der Waals surface area contributed by atoms with Gasteiger partial charge < -0.3 is 49.2 Å². The minimum atomic E-state index is -1.56. The highest BCUT2D eigenvalue weighted by Crippen LogP contribution is 2.68. The van der Waals surface area contributed by atoms with Crippen molar-refractivity contribution in [2.24, 2.45) is 40.4 Å². The van der Waals surface area contributed by atoms with Crippen molar-refractivity contribution >= 4 is 5.78 Å². The zero-order valence-electron chi connectivity index (χ0n) is 23.5. The van der Waals surface area contributed by atoms with Gasteiger partial charge in [0.15, 0.2) is 18.3 Å². The number of hydrogen-bond donors (Lipinski definition) is 5. The van der Waals surface area contributed by atoms with E-state index in [0.717, 1.165) is 0 Å². The predicted molar refractivity (Wildman–Crippen MR) is 135 cm³/mol. The van der Waals surface area contributed by atoms with E-state index < -0.39 is 78.7 Å². The normalized spacial score (nSPS) is 55.4. The SMILES string of the molecule is COC1=CC(C)C2C[C@H]3OC(O[C@@H]4O[C@H](CO)C(O)[C@H](O)C4O)C[C@H]4C(C)[C@H](OC)C(O)C([C@@]2(C)C1=O)[C@@]34C. The molecule has 0 spiro atoms. The number of rotatable bonds is 5. The van der Waals surface area contributed by atoms with Gasteiger partial charge in [-0.2, -0.15) is 0 Å². The number of carbonyl (C=O) groups excluding carboxylic acids is 1. The molecular weight excluding hydrogens is 512 g/mol. The van der Waals surface area contributed by atoms with Gasteiger partial charge in [-0.1, -0.05) is 27.7 Å². The Morgan fingerprint density at radius 1 is 0.974 bits per heavy atom. The minimum Gasteiger partial charge on any atom is -0.493 e. The Bertz CT molecular complexity index is 971. The number of ketones is 1. The summed E-state index contributed by atoms with van der Waals surface area (Å²) in [5, 5.41) is 52.4. The molecule has 11 nitrogen and oxygen atoms in total. The van der Waals surface area contributed by atoms with Crippen molar-refractivity contribution in [3.8, 4) is 0 Å². The Hall–Kier alpha value is -1.15. The van der Waals surface area contributed by atoms with Crippen LogP contribution in [-0.2, 0) is 28.5 Å². The second-order valence-electron chi connectivity index (χ2n) is 12.7. The molecule has 0 aromatic carbocycles. The molecule has 5 N–H and O–H groups in total. The van der Waals surface area contributed by atoms with Crippen molar-refractivity contribution in [1.82, 2.24) is 0 Å². The quantitative estimate of drug-likeness (QED) is 0.309. The monoisotopic (exact) mass is 556 g/mol. The first-order chi connectivity index (χ1) is 18.4. The minimum absolute atomic E-state index is 0.0199. The predicted octanol–water partition coefficient (Wildman–Crippen LogP) is -0.0425. The van der Waals surface area contributed by atoms with E-state index in [1.165, 1.54) is 7.11 Å². The number of allylic oxidation sites excluding steroid dienone is 2. The van der Waals surface area contributed by atoms with Crippen LogP contribution >= 0.6 is 0 Å². The van der Waals surface area contributed by atoms with Gasteiger partial charge in [0, 0.05) is 30.3 Å². The third-order valence-corrected chi connectivity index (χ3v) is 11.0. The number of aliphatic hydroxyl groups is 5. The van der Waals surface area contributed by atoms with Gasteiger partial charge in [0.05, 0.1) is 32.0 Å². The van der Waals surface area contributed by atoms with E-state index in [2.05, 4.69) is 6.92 Å². The molecule has 0 radical (unpaired) electrons. The molecule has 5 rings (SSSR count). The van der Waals surface area contributed by atoms with Gasteiger partial charge in [0.1, 0.15) is 24.4 Å². The first kappa shape index (κ1) is 29.3. The molecule has 0 aromatic rings. The second-order valence-corrected chi connectivity index (χ2v) is 12.7. The Morgan fingerprint density at radius 2 is 1.67 bits per heavy atom. The van der Waals surface area contributed by atoms with Crippen LogP contribution in [0.5, 0.6) is 0 Å². The summed E-state index contributed by atoms with van der Waals surface area (Å²) in [6.07, 6.45) is -6.94. The van der Waals surface area contributed by atoms with Crippen LogP contribution in [0.1, 0.15) is 40.5 Å². The van der Waals surface area contributed by atoms with E-state index in [9.17, 15) is 30.3 Å². The zero-order chi connectivity index (χ0) is 28.6. The van der Waals surface area contributed by atoms with Crippen LogP contribution in [0.2, 0.25) is 0 Å². The van der Waals surface area contributed by atoms with Crippen molar-refractivity contribution < 1.29 is 54.0 Å². The van der Waals surface area contributed by atoms with Gasteiger partial charge in [-0.3, -0.25) is 4.79 Å². The van der Waals surface area contributed by atoms with Gasteiger partial charge in [-0.05, 0) is 36.2 Å². The second kappa shape index (κ2) is 10.3. The van der Waals surface area contributed by atoms with E-state index >= 15 is 0 Å². The lowest BCUT2D eigenvalue weighted by molar-refractivity contribution is -0.380. The fourth-order valence-electron chi connectivity index (χ4n) is 9.11. The van der Waals surface area contributed by atoms with E-state index in [1.54, 1.807) is 7.11 Å². The topological polar surface area (TPSA) is 164 Å². The Balaban J connectivity index is 1.52. The lowest BCUT2D eigenvalue weighted by Crippen LogP contribution is -2.74. The van der Waals surface area contributed by atoms with Gasteiger partial charge in [-0.25, -0.2) is 0 Å². The molecule has 8 unspecified atom stereocenters. The summed E-state index contributed by atoms with van der Waals surface area (Å²) in [7, 11) is 3.07. The largest absolute Gasteiger partial charge is 0.493 e. The average Bonchev–Trinajstić information content (AvgIpc) is 2.90. The zero-order valence-corrected chi connectivity index (χ0v) is 23.5. The lowest BCUT2D eigenvalue weighted by Gasteiger charge is -2.69.